The molecule has 2 aromatic rings. The number of nitrogens with one attached hydrogen (secondary N) is 1. The SMILES string of the molecule is CCCCn1c(-c2ccc(C(C)C)n(C)c2=O)n[nH]c1=S. The lowest BCUT2D eigenvalue weighted by Crippen LogP contribution is -2.23. The minimum atomic E-state index is -0.0343. The minimum Gasteiger partial charge on any atom is -0.315 e. The lowest BCUT2D eigenvalue weighted by atomic mass is 10.1. The van der Waals surface area contributed by atoms with Gasteiger partial charge in [0.05, 0.1) is 5.56 Å². The predicted molar refractivity (Wildman–Crippen MR) is 87.1 cm³/mol. The van der Waals surface area contributed by atoms with Gasteiger partial charge in [0.2, 0.25) is 0 Å². The summed E-state index contributed by atoms with van der Waals surface area (Å²) in [4.78, 5) is 12.6. The van der Waals surface area contributed by atoms with Gasteiger partial charge in [-0.15, -0.1) is 0 Å². The van der Waals surface area contributed by atoms with Crippen LogP contribution in [-0.2, 0) is 13.6 Å². The Bertz CT molecular complexity index is 739. The van der Waals surface area contributed by atoms with Gasteiger partial charge in [-0.25, -0.2) is 0 Å². The normalized spacial score (nSPS) is 11.3. The van der Waals surface area contributed by atoms with E-state index in [4.69, 9.17) is 12.2 Å². The maximum Gasteiger partial charge on any atom is 0.261 e. The van der Waals surface area contributed by atoms with E-state index < -0.39 is 0 Å². The second-order valence-electron chi connectivity index (χ2n) is 5.55. The third-order valence-corrected chi connectivity index (χ3v) is 3.98. The highest BCUT2D eigenvalue weighted by molar-refractivity contribution is 7.71. The average Bonchev–Trinajstić information content (AvgIpc) is 2.80. The number of hydrogen-bond donors (Lipinski definition) is 1. The molecule has 2 rings (SSSR count). The Balaban J connectivity index is 2.56. The van der Waals surface area contributed by atoms with Crippen molar-refractivity contribution in [2.24, 2.45) is 7.05 Å². The van der Waals surface area contributed by atoms with Crippen molar-refractivity contribution in [2.75, 3.05) is 0 Å². The number of unbranched alkanes of at least 4 members (excludes halogenated alkanes) is 1. The first kappa shape index (κ1) is 15.7. The quantitative estimate of drug-likeness (QED) is 0.863. The molecule has 0 radical (unpaired) electrons. The number of aromatic amines is 1. The molecule has 5 nitrogen and oxygen atoms in total. The van der Waals surface area contributed by atoms with E-state index in [9.17, 15) is 4.79 Å². The van der Waals surface area contributed by atoms with Gasteiger partial charge in [0.1, 0.15) is 0 Å². The van der Waals surface area contributed by atoms with Gasteiger partial charge in [-0.05, 0) is 36.7 Å². The lowest BCUT2D eigenvalue weighted by Gasteiger charge is -2.13. The molecule has 21 heavy (non-hydrogen) atoms. The molecule has 0 aliphatic carbocycles. The van der Waals surface area contributed by atoms with E-state index in [1.54, 1.807) is 11.6 Å². The van der Waals surface area contributed by atoms with E-state index in [0.717, 1.165) is 25.1 Å². The van der Waals surface area contributed by atoms with Crippen molar-refractivity contribution < 1.29 is 0 Å². The van der Waals surface area contributed by atoms with Gasteiger partial charge >= 0.3 is 0 Å². The largest absolute Gasteiger partial charge is 0.315 e. The first-order chi connectivity index (χ1) is 9.97. The molecule has 0 spiro atoms. The monoisotopic (exact) mass is 306 g/mol. The van der Waals surface area contributed by atoms with E-state index in [1.165, 1.54) is 0 Å². The molecular formula is C15H22N4OS. The molecule has 0 aliphatic heterocycles. The third kappa shape index (κ3) is 3.00. The molecule has 0 unspecified atom stereocenters. The zero-order chi connectivity index (χ0) is 15.6. The van der Waals surface area contributed by atoms with Gasteiger partial charge in [-0.3, -0.25) is 9.89 Å². The van der Waals surface area contributed by atoms with Crippen molar-refractivity contribution in [2.45, 2.75) is 46.1 Å². The summed E-state index contributed by atoms with van der Waals surface area (Å²) >= 11 is 5.27. The van der Waals surface area contributed by atoms with E-state index in [0.29, 0.717) is 22.1 Å². The molecule has 114 valence electrons. The van der Waals surface area contributed by atoms with Gasteiger partial charge < -0.3 is 9.13 Å². The number of aromatic nitrogens is 4. The maximum atomic E-state index is 12.6. The van der Waals surface area contributed by atoms with E-state index >= 15 is 0 Å². The molecule has 6 heteroatoms. The number of nitrogens with zero attached hydrogens (tertiary/aromatic N) is 3. The minimum absolute atomic E-state index is 0.0343. The molecule has 2 heterocycles. The molecular weight excluding hydrogens is 284 g/mol. The average molecular weight is 306 g/mol. The Morgan fingerprint density at radius 2 is 2.10 bits per heavy atom. The Labute approximate surface area is 129 Å². The summed E-state index contributed by atoms with van der Waals surface area (Å²) in [6.07, 6.45) is 2.07. The zero-order valence-electron chi connectivity index (χ0n) is 13.0. The fraction of sp³-hybridized carbons (Fsp3) is 0.533. The Morgan fingerprint density at radius 1 is 1.38 bits per heavy atom. The van der Waals surface area contributed by atoms with Gasteiger partial charge in [0.15, 0.2) is 10.6 Å². The zero-order valence-corrected chi connectivity index (χ0v) is 13.8. The second kappa shape index (κ2) is 6.39. The lowest BCUT2D eigenvalue weighted by molar-refractivity contribution is 0.627. The van der Waals surface area contributed by atoms with Crippen molar-refractivity contribution in [1.29, 1.82) is 0 Å². The van der Waals surface area contributed by atoms with Crippen LogP contribution in [0.15, 0.2) is 16.9 Å². The van der Waals surface area contributed by atoms with Crippen LogP contribution in [0.4, 0.5) is 0 Å². The Hall–Kier alpha value is -1.69. The van der Waals surface area contributed by atoms with Crippen molar-refractivity contribution in [3.05, 3.63) is 33.0 Å². The maximum absolute atomic E-state index is 12.6. The predicted octanol–water partition coefficient (Wildman–Crippen LogP) is 3.23. The van der Waals surface area contributed by atoms with Gasteiger partial charge in [-0.2, -0.15) is 5.10 Å². The molecule has 0 aliphatic rings. The van der Waals surface area contributed by atoms with Crippen LogP contribution in [0.25, 0.3) is 11.4 Å². The van der Waals surface area contributed by atoms with Crippen molar-refractivity contribution in [1.82, 2.24) is 19.3 Å². The van der Waals surface area contributed by atoms with Gasteiger partial charge in [-0.1, -0.05) is 27.2 Å². The van der Waals surface area contributed by atoms with E-state index in [1.807, 2.05) is 16.7 Å². The molecule has 2 aromatic heterocycles. The highest BCUT2D eigenvalue weighted by Gasteiger charge is 2.15. The smallest absolute Gasteiger partial charge is 0.261 e. The molecule has 0 fully saturated rings. The summed E-state index contributed by atoms with van der Waals surface area (Å²) in [6.45, 7) is 7.05. The highest BCUT2D eigenvalue weighted by Crippen LogP contribution is 2.18. The fourth-order valence-electron chi connectivity index (χ4n) is 2.45. The molecule has 1 N–H and O–H groups in total. The van der Waals surface area contributed by atoms with Crippen LogP contribution >= 0.6 is 12.2 Å². The van der Waals surface area contributed by atoms with Gasteiger partial charge in [0.25, 0.3) is 5.56 Å². The molecule has 0 bridgehead atoms. The van der Waals surface area contributed by atoms with Gasteiger partial charge in [0, 0.05) is 19.3 Å². The van der Waals surface area contributed by atoms with Crippen LogP contribution in [0.3, 0.4) is 0 Å². The van der Waals surface area contributed by atoms with E-state index in [-0.39, 0.29) is 5.56 Å². The standard InChI is InChI=1S/C15H22N4OS/c1-5-6-9-19-13(16-17-15(19)21)11-7-8-12(10(2)3)18(4)14(11)20/h7-8,10H,5-6,9H2,1-4H3,(H,17,21). The third-order valence-electron chi connectivity index (χ3n) is 3.67. The summed E-state index contributed by atoms with van der Waals surface area (Å²) < 4.78 is 4.17. The Morgan fingerprint density at radius 3 is 2.71 bits per heavy atom. The van der Waals surface area contributed by atoms with E-state index in [2.05, 4.69) is 31.0 Å². The number of hydrogen-bond acceptors (Lipinski definition) is 3. The molecule has 0 atom stereocenters. The highest BCUT2D eigenvalue weighted by atomic mass is 32.1. The van der Waals surface area contributed by atoms with Crippen molar-refractivity contribution in [3.8, 4) is 11.4 Å². The summed E-state index contributed by atoms with van der Waals surface area (Å²) in [5, 5.41) is 7.04. The number of rotatable bonds is 5. The van der Waals surface area contributed by atoms with Crippen LogP contribution in [-0.4, -0.2) is 19.3 Å². The van der Waals surface area contributed by atoms with Crippen LogP contribution in [0.2, 0.25) is 0 Å². The number of pyridine rings is 1. The molecule has 0 saturated heterocycles. The topological polar surface area (TPSA) is 55.6 Å². The first-order valence-corrected chi connectivity index (χ1v) is 7.73. The van der Waals surface area contributed by atoms with Crippen LogP contribution in [0.1, 0.15) is 45.2 Å². The molecule has 0 saturated carbocycles. The fourth-order valence-corrected chi connectivity index (χ4v) is 2.67. The summed E-state index contributed by atoms with van der Waals surface area (Å²) in [6, 6.07) is 3.84. The molecule has 0 amide bonds. The van der Waals surface area contributed by atoms with Crippen LogP contribution in [0.5, 0.6) is 0 Å². The van der Waals surface area contributed by atoms with Crippen molar-refractivity contribution >= 4 is 12.2 Å². The summed E-state index contributed by atoms with van der Waals surface area (Å²) in [5.74, 6) is 0.932. The molecule has 0 aromatic carbocycles. The summed E-state index contributed by atoms with van der Waals surface area (Å²) in [7, 11) is 1.80. The Kier molecular flexibility index (Phi) is 4.77. The van der Waals surface area contributed by atoms with Crippen LogP contribution in [0, 0.1) is 4.77 Å². The second-order valence-corrected chi connectivity index (χ2v) is 5.93. The number of H-pyrrole nitrogens is 1. The summed E-state index contributed by atoms with van der Waals surface area (Å²) in [5.41, 5.74) is 1.57. The van der Waals surface area contributed by atoms with Crippen molar-refractivity contribution in [3.63, 3.8) is 0 Å². The van der Waals surface area contributed by atoms with Crippen LogP contribution < -0.4 is 5.56 Å². The first-order valence-electron chi connectivity index (χ1n) is 7.32.